The van der Waals surface area contributed by atoms with Gasteiger partial charge in [0.05, 0.1) is 0 Å². The third-order valence-corrected chi connectivity index (χ3v) is 5.95. The highest BCUT2D eigenvalue weighted by molar-refractivity contribution is 5.95. The maximum atomic E-state index is 13.2. The first-order valence-electron chi connectivity index (χ1n) is 9.18. The number of hydrogen-bond donors (Lipinski definition) is 2. The minimum atomic E-state index is -0.362. The van der Waals surface area contributed by atoms with Gasteiger partial charge in [-0.1, -0.05) is 18.9 Å². The molecule has 6 heteroatoms. The van der Waals surface area contributed by atoms with Crippen LogP contribution in [-0.4, -0.2) is 36.0 Å². The average molecular weight is 345 g/mol. The highest BCUT2D eigenvalue weighted by atomic mass is 19.1. The zero-order valence-corrected chi connectivity index (χ0v) is 14.3. The van der Waals surface area contributed by atoms with Crippen LogP contribution in [0.3, 0.4) is 0 Å². The number of urea groups is 1. The minimum absolute atomic E-state index is 0.0139. The van der Waals surface area contributed by atoms with E-state index in [-0.39, 0.29) is 29.1 Å². The van der Waals surface area contributed by atoms with Crippen molar-refractivity contribution in [3.8, 4) is 0 Å². The lowest BCUT2D eigenvalue weighted by molar-refractivity contribution is -0.118. The van der Waals surface area contributed by atoms with Gasteiger partial charge in [-0.15, -0.1) is 0 Å². The maximum Gasteiger partial charge on any atom is 0.317 e. The SMILES string of the molecule is O=C(Nc1cccc(F)c1)[C@@H]1C[C@]12CCN(C(=O)NC1CCCC1)C2. The van der Waals surface area contributed by atoms with E-state index in [4.69, 9.17) is 0 Å². The summed E-state index contributed by atoms with van der Waals surface area (Å²) in [6.45, 7) is 1.36. The number of likely N-dealkylation sites (tertiary alicyclic amines) is 1. The Hall–Kier alpha value is -2.11. The molecule has 2 N–H and O–H groups in total. The van der Waals surface area contributed by atoms with Crippen molar-refractivity contribution < 1.29 is 14.0 Å². The van der Waals surface area contributed by atoms with E-state index in [0.717, 1.165) is 25.7 Å². The predicted molar refractivity (Wildman–Crippen MR) is 92.5 cm³/mol. The second-order valence-corrected chi connectivity index (χ2v) is 7.72. The van der Waals surface area contributed by atoms with Crippen LogP contribution in [0.5, 0.6) is 0 Å². The molecule has 2 atom stereocenters. The fraction of sp³-hybridized carbons (Fsp3) is 0.579. The number of anilines is 1. The number of nitrogens with zero attached hydrogens (tertiary/aromatic N) is 1. The van der Waals surface area contributed by atoms with Crippen molar-refractivity contribution in [3.05, 3.63) is 30.1 Å². The summed E-state index contributed by atoms with van der Waals surface area (Å²) in [4.78, 5) is 26.7. The van der Waals surface area contributed by atoms with Crippen LogP contribution in [0.25, 0.3) is 0 Å². The van der Waals surface area contributed by atoms with Gasteiger partial charge in [0, 0.05) is 36.2 Å². The molecule has 134 valence electrons. The van der Waals surface area contributed by atoms with Crippen LogP contribution in [0.15, 0.2) is 24.3 Å². The molecule has 3 aliphatic rings. The van der Waals surface area contributed by atoms with E-state index in [2.05, 4.69) is 10.6 Å². The molecule has 4 rings (SSSR count). The number of halogens is 1. The molecule has 3 amide bonds. The molecule has 0 aromatic heterocycles. The topological polar surface area (TPSA) is 61.4 Å². The van der Waals surface area contributed by atoms with E-state index < -0.39 is 0 Å². The molecule has 2 aliphatic carbocycles. The van der Waals surface area contributed by atoms with Crippen LogP contribution >= 0.6 is 0 Å². The number of benzene rings is 1. The molecule has 1 aromatic rings. The average Bonchev–Trinajstić information content (AvgIpc) is 2.90. The van der Waals surface area contributed by atoms with Gasteiger partial charge in [-0.25, -0.2) is 9.18 Å². The van der Waals surface area contributed by atoms with E-state index in [9.17, 15) is 14.0 Å². The Morgan fingerprint density at radius 3 is 2.80 bits per heavy atom. The van der Waals surface area contributed by atoms with Gasteiger partial charge >= 0.3 is 6.03 Å². The second kappa shape index (κ2) is 6.32. The Balaban J connectivity index is 1.31. The Bertz CT molecular complexity index is 689. The standard InChI is InChI=1S/C19H24FN3O2/c20-13-4-3-7-15(10-13)21-17(24)16-11-19(16)8-9-23(12-19)18(25)22-14-5-1-2-6-14/h3-4,7,10,14,16H,1-2,5-6,8-9,11-12H2,(H,21,24)(H,22,25)/t16-,19-/m0/s1. The number of hydrogen-bond acceptors (Lipinski definition) is 2. The largest absolute Gasteiger partial charge is 0.335 e. The van der Waals surface area contributed by atoms with Gasteiger partial charge in [0.25, 0.3) is 0 Å². The molecule has 1 saturated heterocycles. The van der Waals surface area contributed by atoms with Gasteiger partial charge in [0.2, 0.25) is 5.91 Å². The Morgan fingerprint density at radius 1 is 1.24 bits per heavy atom. The molecule has 1 aliphatic heterocycles. The predicted octanol–water partition coefficient (Wildman–Crippen LogP) is 3.13. The minimum Gasteiger partial charge on any atom is -0.335 e. The van der Waals surface area contributed by atoms with Crippen molar-refractivity contribution in [3.63, 3.8) is 0 Å². The van der Waals surface area contributed by atoms with Crippen LogP contribution in [0.4, 0.5) is 14.9 Å². The Morgan fingerprint density at radius 2 is 2.04 bits per heavy atom. The molecular weight excluding hydrogens is 321 g/mol. The molecule has 0 bridgehead atoms. The summed E-state index contributed by atoms with van der Waals surface area (Å²) in [5.41, 5.74) is 0.408. The quantitative estimate of drug-likeness (QED) is 0.884. The lowest BCUT2D eigenvalue weighted by Crippen LogP contribution is -2.43. The molecular formula is C19H24FN3O2. The summed E-state index contributed by atoms with van der Waals surface area (Å²) in [6.07, 6.45) is 6.20. The van der Waals surface area contributed by atoms with Crippen molar-refractivity contribution in [1.29, 1.82) is 0 Å². The monoisotopic (exact) mass is 345 g/mol. The lowest BCUT2D eigenvalue weighted by atomic mass is 10.0. The summed E-state index contributed by atoms with van der Waals surface area (Å²) >= 11 is 0. The summed E-state index contributed by atoms with van der Waals surface area (Å²) in [5.74, 6) is -0.511. The van der Waals surface area contributed by atoms with Crippen molar-refractivity contribution in [1.82, 2.24) is 10.2 Å². The molecule has 1 spiro atoms. The van der Waals surface area contributed by atoms with Gasteiger partial charge in [0.1, 0.15) is 5.82 Å². The maximum absolute atomic E-state index is 13.2. The van der Waals surface area contributed by atoms with E-state index >= 15 is 0 Å². The molecule has 5 nitrogen and oxygen atoms in total. The van der Waals surface area contributed by atoms with Crippen LogP contribution in [0, 0.1) is 17.2 Å². The third kappa shape index (κ3) is 3.34. The zero-order chi connectivity index (χ0) is 17.4. The summed E-state index contributed by atoms with van der Waals surface area (Å²) < 4.78 is 13.2. The molecule has 1 heterocycles. The van der Waals surface area contributed by atoms with Crippen molar-refractivity contribution >= 4 is 17.6 Å². The van der Waals surface area contributed by atoms with Crippen molar-refractivity contribution in [2.75, 3.05) is 18.4 Å². The van der Waals surface area contributed by atoms with Gasteiger partial charge in [0.15, 0.2) is 0 Å². The van der Waals surface area contributed by atoms with E-state index in [1.54, 1.807) is 12.1 Å². The third-order valence-electron chi connectivity index (χ3n) is 5.95. The molecule has 1 aromatic carbocycles. The highest BCUT2D eigenvalue weighted by Crippen LogP contribution is 2.58. The van der Waals surface area contributed by atoms with Gasteiger partial charge in [-0.3, -0.25) is 4.79 Å². The number of nitrogens with one attached hydrogen (secondary N) is 2. The Labute approximate surface area is 147 Å². The Kier molecular flexibility index (Phi) is 4.13. The van der Waals surface area contributed by atoms with Crippen molar-refractivity contribution in [2.45, 2.75) is 44.6 Å². The first-order valence-corrected chi connectivity index (χ1v) is 9.18. The normalized spacial score (nSPS) is 28.4. The van der Waals surface area contributed by atoms with Gasteiger partial charge in [-0.2, -0.15) is 0 Å². The van der Waals surface area contributed by atoms with Gasteiger partial charge < -0.3 is 15.5 Å². The lowest BCUT2D eigenvalue weighted by Gasteiger charge is -2.20. The van der Waals surface area contributed by atoms with E-state index in [0.29, 0.717) is 24.8 Å². The first-order chi connectivity index (χ1) is 12.1. The summed E-state index contributed by atoms with van der Waals surface area (Å²) in [6, 6.07) is 6.27. The second-order valence-electron chi connectivity index (χ2n) is 7.72. The molecule has 3 fully saturated rings. The smallest absolute Gasteiger partial charge is 0.317 e. The molecule has 2 saturated carbocycles. The fourth-order valence-corrected chi connectivity index (χ4v) is 4.37. The number of rotatable bonds is 3. The number of carbonyl (C=O) groups is 2. The van der Waals surface area contributed by atoms with Crippen LogP contribution in [-0.2, 0) is 4.79 Å². The van der Waals surface area contributed by atoms with Crippen molar-refractivity contribution in [2.24, 2.45) is 11.3 Å². The van der Waals surface area contributed by atoms with E-state index in [1.165, 1.54) is 25.0 Å². The molecule has 0 unspecified atom stereocenters. The summed E-state index contributed by atoms with van der Waals surface area (Å²) in [7, 11) is 0. The zero-order valence-electron chi connectivity index (χ0n) is 14.3. The van der Waals surface area contributed by atoms with E-state index in [1.807, 2.05) is 4.90 Å². The highest BCUT2D eigenvalue weighted by Gasteiger charge is 2.61. The molecule has 0 radical (unpaired) electrons. The van der Waals surface area contributed by atoms with Gasteiger partial charge in [-0.05, 0) is 43.9 Å². The summed E-state index contributed by atoms with van der Waals surface area (Å²) in [5, 5.41) is 5.92. The van der Waals surface area contributed by atoms with Crippen LogP contribution in [0.2, 0.25) is 0 Å². The van der Waals surface area contributed by atoms with Crippen LogP contribution < -0.4 is 10.6 Å². The van der Waals surface area contributed by atoms with Crippen LogP contribution in [0.1, 0.15) is 38.5 Å². The fourth-order valence-electron chi connectivity index (χ4n) is 4.37. The first kappa shape index (κ1) is 16.4. The molecule has 25 heavy (non-hydrogen) atoms. The number of amides is 3. The number of carbonyl (C=O) groups excluding carboxylic acids is 2.